The third-order valence-electron chi connectivity index (χ3n) is 4.45. The van der Waals surface area contributed by atoms with E-state index in [4.69, 9.17) is 4.74 Å². The van der Waals surface area contributed by atoms with Crippen LogP contribution in [0.15, 0.2) is 30.6 Å². The third kappa shape index (κ3) is 4.95. The fourth-order valence-corrected chi connectivity index (χ4v) is 2.90. The lowest BCUT2D eigenvalue weighted by atomic mass is 10.2. The molecule has 2 heterocycles. The molecule has 0 amide bonds. The maximum atomic E-state index is 12.2. The largest absolute Gasteiger partial charge is 0.462 e. The summed E-state index contributed by atoms with van der Waals surface area (Å²) < 4.78 is 5.05. The summed E-state index contributed by atoms with van der Waals surface area (Å²) in [5, 5.41) is 16.5. The van der Waals surface area contributed by atoms with Crippen LogP contribution in [-0.4, -0.2) is 70.6 Å². The Kier molecular flexibility index (Phi) is 6.52. The maximum Gasteiger partial charge on any atom is 0.354 e. The zero-order chi connectivity index (χ0) is 20.8. The number of carbonyl (C=O) groups excluding carboxylic acids is 1. The van der Waals surface area contributed by atoms with Gasteiger partial charge in [0.1, 0.15) is 6.33 Å². The molecule has 2 aromatic rings. The lowest BCUT2D eigenvalue weighted by molar-refractivity contribution is -0.383. The number of aromatic nitrogens is 2. The van der Waals surface area contributed by atoms with Crippen LogP contribution in [-0.2, 0) is 4.74 Å². The Morgan fingerprint density at radius 3 is 2.59 bits per heavy atom. The third-order valence-corrected chi connectivity index (χ3v) is 4.45. The molecule has 11 nitrogen and oxygen atoms in total. The van der Waals surface area contributed by atoms with Crippen LogP contribution in [0.1, 0.15) is 17.3 Å². The van der Waals surface area contributed by atoms with Crippen molar-refractivity contribution in [2.45, 2.75) is 6.92 Å². The summed E-state index contributed by atoms with van der Waals surface area (Å²) in [6.45, 7) is 5.01. The SMILES string of the molecule is CCOC(=O)c1ccccc1Nc1ncnc(NN2CCN(C)CC2)c1[N+](=O)[O-]. The molecule has 1 aliphatic heterocycles. The summed E-state index contributed by atoms with van der Waals surface area (Å²) in [4.78, 5) is 33.7. The standard InChI is InChI=1S/C18H23N7O4/c1-3-29-18(26)13-6-4-5-7-14(13)21-16-15(25(27)28)17(20-12-19-16)22-24-10-8-23(2)9-11-24/h4-7,12H,3,8-11H2,1-2H3,(H2,19,20,21,22). The minimum atomic E-state index is -0.548. The number of nitro groups is 1. The molecule has 3 rings (SSSR count). The zero-order valence-corrected chi connectivity index (χ0v) is 16.3. The van der Waals surface area contributed by atoms with Crippen LogP contribution in [0, 0.1) is 10.1 Å². The summed E-state index contributed by atoms with van der Waals surface area (Å²) in [5.74, 6) is -0.452. The van der Waals surface area contributed by atoms with Crippen LogP contribution in [0.3, 0.4) is 0 Å². The molecule has 0 atom stereocenters. The Bertz CT molecular complexity index is 884. The van der Waals surface area contributed by atoms with Gasteiger partial charge in [-0.25, -0.2) is 19.8 Å². The van der Waals surface area contributed by atoms with Gasteiger partial charge >= 0.3 is 11.7 Å². The monoisotopic (exact) mass is 401 g/mol. The second-order valence-corrected chi connectivity index (χ2v) is 6.47. The molecule has 0 spiro atoms. The van der Waals surface area contributed by atoms with Gasteiger partial charge in [0.25, 0.3) is 0 Å². The summed E-state index contributed by atoms with van der Waals surface area (Å²) in [6.07, 6.45) is 1.24. The van der Waals surface area contributed by atoms with Crippen LogP contribution >= 0.6 is 0 Å². The second-order valence-electron chi connectivity index (χ2n) is 6.47. The number of likely N-dealkylation sites (N-methyl/N-ethyl adjacent to an activating group) is 1. The number of nitrogens with one attached hydrogen (secondary N) is 2. The Hall–Kier alpha value is -3.31. The number of hydrazine groups is 1. The van der Waals surface area contributed by atoms with E-state index in [1.165, 1.54) is 6.33 Å². The lowest BCUT2D eigenvalue weighted by Crippen LogP contribution is -2.47. The topological polar surface area (TPSA) is 126 Å². The number of hydrogen-bond donors (Lipinski definition) is 2. The molecule has 1 aromatic carbocycles. The van der Waals surface area contributed by atoms with Crippen LogP contribution in [0.2, 0.25) is 0 Å². The highest BCUT2D eigenvalue weighted by Crippen LogP contribution is 2.32. The molecule has 0 radical (unpaired) electrons. The van der Waals surface area contributed by atoms with Crippen LogP contribution in [0.5, 0.6) is 0 Å². The number of para-hydroxylation sites is 1. The number of ether oxygens (including phenoxy) is 1. The van der Waals surface area contributed by atoms with Gasteiger partial charge in [0.05, 0.1) is 22.8 Å². The maximum absolute atomic E-state index is 12.2. The first-order chi connectivity index (χ1) is 14.0. The van der Waals surface area contributed by atoms with Gasteiger partial charge in [0.2, 0.25) is 11.6 Å². The van der Waals surface area contributed by atoms with Gasteiger partial charge in [0, 0.05) is 26.2 Å². The number of nitrogens with zero attached hydrogens (tertiary/aromatic N) is 5. The highest BCUT2D eigenvalue weighted by atomic mass is 16.6. The molecule has 1 fully saturated rings. The predicted molar refractivity (Wildman–Crippen MR) is 107 cm³/mol. The average Bonchev–Trinajstić information content (AvgIpc) is 2.70. The van der Waals surface area contributed by atoms with Gasteiger partial charge in [0.15, 0.2) is 0 Å². The zero-order valence-electron chi connectivity index (χ0n) is 16.3. The first kappa shape index (κ1) is 20.4. The molecule has 1 aliphatic rings. The van der Waals surface area contributed by atoms with E-state index >= 15 is 0 Å². The predicted octanol–water partition coefficient (Wildman–Crippen LogP) is 1.88. The second kappa shape index (κ2) is 9.26. The van der Waals surface area contributed by atoms with Gasteiger partial charge in [-0.05, 0) is 26.1 Å². The van der Waals surface area contributed by atoms with Crippen molar-refractivity contribution >= 4 is 29.0 Å². The molecular weight excluding hydrogens is 378 g/mol. The van der Waals surface area contributed by atoms with Crippen molar-refractivity contribution < 1.29 is 14.5 Å². The van der Waals surface area contributed by atoms with E-state index in [-0.39, 0.29) is 29.5 Å². The van der Waals surface area contributed by atoms with Gasteiger partial charge < -0.3 is 15.0 Å². The van der Waals surface area contributed by atoms with Crippen molar-refractivity contribution in [2.75, 3.05) is 50.6 Å². The van der Waals surface area contributed by atoms with Crippen molar-refractivity contribution in [3.05, 3.63) is 46.3 Å². The van der Waals surface area contributed by atoms with Gasteiger partial charge in [-0.2, -0.15) is 0 Å². The molecule has 1 saturated heterocycles. The minimum Gasteiger partial charge on any atom is -0.462 e. The number of benzene rings is 1. The molecule has 154 valence electrons. The van der Waals surface area contributed by atoms with Crippen molar-refractivity contribution in [3.63, 3.8) is 0 Å². The van der Waals surface area contributed by atoms with Crippen LogP contribution in [0.4, 0.5) is 23.0 Å². The Morgan fingerprint density at radius 2 is 1.90 bits per heavy atom. The van der Waals surface area contributed by atoms with E-state index in [0.717, 1.165) is 13.1 Å². The summed E-state index contributed by atoms with van der Waals surface area (Å²) in [6, 6.07) is 6.61. The number of anilines is 3. The molecule has 1 aromatic heterocycles. The van der Waals surface area contributed by atoms with E-state index < -0.39 is 10.9 Å². The highest BCUT2D eigenvalue weighted by molar-refractivity contribution is 5.96. The number of piperazine rings is 1. The molecule has 0 bridgehead atoms. The molecule has 29 heavy (non-hydrogen) atoms. The number of carbonyl (C=O) groups is 1. The van der Waals surface area contributed by atoms with Crippen molar-refractivity contribution in [1.29, 1.82) is 0 Å². The molecular formula is C18H23N7O4. The van der Waals surface area contributed by atoms with E-state index in [9.17, 15) is 14.9 Å². The van der Waals surface area contributed by atoms with Crippen LogP contribution in [0.25, 0.3) is 0 Å². The van der Waals surface area contributed by atoms with E-state index in [1.807, 2.05) is 12.1 Å². The summed E-state index contributed by atoms with van der Waals surface area (Å²) >= 11 is 0. The fraction of sp³-hybridized carbons (Fsp3) is 0.389. The number of hydrogen-bond acceptors (Lipinski definition) is 10. The fourth-order valence-electron chi connectivity index (χ4n) is 2.90. The van der Waals surface area contributed by atoms with E-state index in [2.05, 4.69) is 25.6 Å². The lowest BCUT2D eigenvalue weighted by Gasteiger charge is -2.32. The van der Waals surface area contributed by atoms with Gasteiger partial charge in [-0.1, -0.05) is 12.1 Å². The average molecular weight is 401 g/mol. The summed E-state index contributed by atoms with van der Waals surface area (Å²) in [5.41, 5.74) is 3.34. The molecule has 2 N–H and O–H groups in total. The Balaban J connectivity index is 1.89. The quantitative estimate of drug-likeness (QED) is 0.403. The normalized spacial score (nSPS) is 15.0. The van der Waals surface area contributed by atoms with Crippen LogP contribution < -0.4 is 10.7 Å². The Labute approximate surface area is 167 Å². The Morgan fingerprint density at radius 1 is 1.21 bits per heavy atom. The smallest absolute Gasteiger partial charge is 0.354 e. The number of esters is 1. The van der Waals surface area contributed by atoms with Crippen molar-refractivity contribution in [1.82, 2.24) is 19.9 Å². The van der Waals surface area contributed by atoms with Gasteiger partial charge in [-0.3, -0.25) is 15.5 Å². The minimum absolute atomic E-state index is 0.0154. The first-order valence-corrected chi connectivity index (χ1v) is 9.22. The van der Waals surface area contributed by atoms with Crippen molar-refractivity contribution in [3.8, 4) is 0 Å². The van der Waals surface area contributed by atoms with Gasteiger partial charge in [-0.15, -0.1) is 0 Å². The molecule has 0 aliphatic carbocycles. The number of rotatable bonds is 7. The molecule has 0 saturated carbocycles. The highest BCUT2D eigenvalue weighted by Gasteiger charge is 2.26. The van der Waals surface area contributed by atoms with E-state index in [1.54, 1.807) is 31.2 Å². The summed E-state index contributed by atoms with van der Waals surface area (Å²) in [7, 11) is 2.02. The molecule has 11 heteroatoms. The molecule has 0 unspecified atom stereocenters. The first-order valence-electron chi connectivity index (χ1n) is 9.22. The van der Waals surface area contributed by atoms with E-state index in [0.29, 0.717) is 18.8 Å². The van der Waals surface area contributed by atoms with Crippen molar-refractivity contribution in [2.24, 2.45) is 0 Å².